The Hall–Kier alpha value is 1.21. The molecule has 0 aliphatic carbocycles. The summed E-state index contributed by atoms with van der Waals surface area (Å²) in [4.78, 5) is 3.72. The number of aliphatic imine (C=N–C) groups is 1. The van der Waals surface area contributed by atoms with E-state index in [1.165, 1.54) is 10.8 Å². The minimum Gasteiger partial charge on any atom is -0.438 e. The summed E-state index contributed by atoms with van der Waals surface area (Å²) in [5.74, 6) is 0. The number of hydrogen-bond donors (Lipinski definition) is 0. The number of nitrogens with zero attached hydrogens (tertiary/aromatic N) is 1. The van der Waals surface area contributed by atoms with Gasteiger partial charge in [-0.15, -0.1) is 0 Å². The minimum atomic E-state index is 0. The molecule has 7 heavy (non-hydrogen) atoms. The van der Waals surface area contributed by atoms with Crippen molar-refractivity contribution in [2.45, 2.75) is 0 Å². The molecular weight excluding hydrogens is 203 g/mol. The molecule has 0 spiro atoms. The molecule has 4 heteroatoms. The average Bonchev–Trinajstić information content (AvgIpc) is 1.86. The first-order valence-corrected chi connectivity index (χ1v) is 3.53. The van der Waals surface area contributed by atoms with Gasteiger partial charge in [-0.1, -0.05) is 10.6 Å². The fourth-order valence-electron chi connectivity index (χ4n) is 0.155. The molecule has 1 rings (SSSR count). The van der Waals surface area contributed by atoms with Crippen LogP contribution in [0.15, 0.2) is 16.6 Å². The van der Waals surface area contributed by atoms with Crippen molar-refractivity contribution >= 4 is 27.1 Å². The van der Waals surface area contributed by atoms with Crippen molar-refractivity contribution in [3.63, 3.8) is 0 Å². The summed E-state index contributed by atoms with van der Waals surface area (Å²) in [5.41, 5.74) is 2.68. The summed E-state index contributed by atoms with van der Waals surface area (Å²) in [6.07, 6.45) is 0. The Labute approximate surface area is 75.7 Å². The maximum Gasteiger partial charge on any atom is 0 e. The van der Waals surface area contributed by atoms with Crippen LogP contribution in [0.4, 0.5) is 0 Å². The first-order valence-electron chi connectivity index (χ1n) is 1.38. The summed E-state index contributed by atoms with van der Waals surface area (Å²) in [6, 6.07) is 0. The topological polar surface area (TPSA) is 12.4 Å². The SMILES string of the molecule is C=C1N=[C-]SS1.[Y]. The van der Waals surface area contributed by atoms with Crippen molar-refractivity contribution in [3.05, 3.63) is 11.6 Å². The van der Waals surface area contributed by atoms with Gasteiger partial charge in [0.2, 0.25) is 0 Å². The zero-order valence-corrected chi connectivity index (χ0v) is 8.02. The molecule has 0 N–H and O–H groups in total. The van der Waals surface area contributed by atoms with Gasteiger partial charge in [0.15, 0.2) is 0 Å². The van der Waals surface area contributed by atoms with Crippen LogP contribution in [0.3, 0.4) is 0 Å². The van der Waals surface area contributed by atoms with E-state index in [-0.39, 0.29) is 32.7 Å². The van der Waals surface area contributed by atoms with E-state index in [2.05, 4.69) is 17.1 Å². The van der Waals surface area contributed by atoms with Crippen molar-refractivity contribution in [3.8, 4) is 0 Å². The smallest absolute Gasteiger partial charge is 0 e. The third-order valence-corrected chi connectivity index (χ3v) is 1.93. The van der Waals surface area contributed by atoms with E-state index in [4.69, 9.17) is 0 Å². The number of hydrogen-bond acceptors (Lipinski definition) is 3. The molecule has 0 atom stereocenters. The third-order valence-electron chi connectivity index (χ3n) is 0.345. The average molecular weight is 205 g/mol. The van der Waals surface area contributed by atoms with Crippen molar-refractivity contribution in [1.29, 1.82) is 0 Å². The predicted molar refractivity (Wildman–Crippen MR) is 31.8 cm³/mol. The van der Waals surface area contributed by atoms with E-state index in [1.807, 2.05) is 0 Å². The maximum absolute atomic E-state index is 3.72. The van der Waals surface area contributed by atoms with Crippen LogP contribution in [-0.4, -0.2) is 5.55 Å². The van der Waals surface area contributed by atoms with Gasteiger partial charge >= 0.3 is 0 Å². The summed E-state index contributed by atoms with van der Waals surface area (Å²) in [7, 11) is 3.02. The quantitative estimate of drug-likeness (QED) is 0.441. The van der Waals surface area contributed by atoms with E-state index >= 15 is 0 Å². The first kappa shape index (κ1) is 8.21. The largest absolute Gasteiger partial charge is 0.438 e. The van der Waals surface area contributed by atoms with Gasteiger partial charge < -0.3 is 4.99 Å². The van der Waals surface area contributed by atoms with E-state index in [0.29, 0.717) is 0 Å². The van der Waals surface area contributed by atoms with E-state index in [1.54, 1.807) is 10.8 Å². The van der Waals surface area contributed by atoms with Gasteiger partial charge in [-0.25, -0.2) is 0 Å². The summed E-state index contributed by atoms with van der Waals surface area (Å²) >= 11 is 0. The Balaban J connectivity index is 0.000000360. The molecule has 35 valence electrons. The summed E-state index contributed by atoms with van der Waals surface area (Å²) in [6.45, 7) is 3.57. The van der Waals surface area contributed by atoms with Gasteiger partial charge in [0.05, 0.1) is 0 Å². The Bertz CT molecular complexity index is 101. The molecule has 0 aromatic carbocycles. The predicted octanol–water partition coefficient (Wildman–Crippen LogP) is 1.76. The van der Waals surface area contributed by atoms with E-state index in [9.17, 15) is 0 Å². The molecule has 0 aromatic rings. The molecular formula is C3H2NS2Y-. The van der Waals surface area contributed by atoms with Gasteiger partial charge in [-0.05, 0) is 0 Å². The van der Waals surface area contributed by atoms with Crippen molar-refractivity contribution in [1.82, 2.24) is 0 Å². The Morgan fingerprint density at radius 2 is 2.43 bits per heavy atom. The molecule has 1 nitrogen and oxygen atoms in total. The maximum atomic E-state index is 3.72. The molecule has 0 amide bonds. The molecule has 0 aromatic heterocycles. The van der Waals surface area contributed by atoms with Gasteiger partial charge in [0.1, 0.15) is 0 Å². The minimum absolute atomic E-state index is 0. The Morgan fingerprint density at radius 3 is 2.57 bits per heavy atom. The van der Waals surface area contributed by atoms with Crippen LogP contribution >= 0.6 is 21.6 Å². The summed E-state index contributed by atoms with van der Waals surface area (Å²) < 4.78 is 0. The molecule has 0 saturated heterocycles. The zero-order valence-electron chi connectivity index (χ0n) is 3.55. The van der Waals surface area contributed by atoms with Crippen LogP contribution in [0.5, 0.6) is 0 Å². The van der Waals surface area contributed by atoms with Crippen LogP contribution in [0.1, 0.15) is 0 Å². The zero-order chi connectivity index (χ0) is 4.41. The fourth-order valence-corrected chi connectivity index (χ4v) is 1.20. The second kappa shape index (κ2) is 4.13. The van der Waals surface area contributed by atoms with Crippen molar-refractivity contribution in [2.75, 3.05) is 0 Å². The van der Waals surface area contributed by atoms with E-state index < -0.39 is 0 Å². The molecule has 0 saturated carbocycles. The molecule has 1 heterocycles. The number of rotatable bonds is 0. The van der Waals surface area contributed by atoms with E-state index in [0.717, 1.165) is 5.03 Å². The van der Waals surface area contributed by atoms with Gasteiger partial charge in [0.25, 0.3) is 0 Å². The Morgan fingerprint density at radius 1 is 1.71 bits per heavy atom. The second-order valence-electron chi connectivity index (χ2n) is 0.763. The first-order chi connectivity index (χ1) is 2.89. The normalized spacial score (nSPS) is 16.9. The van der Waals surface area contributed by atoms with Crippen molar-refractivity contribution < 1.29 is 32.7 Å². The van der Waals surface area contributed by atoms with Crippen LogP contribution in [-0.2, 0) is 32.7 Å². The van der Waals surface area contributed by atoms with Gasteiger partial charge in [-0.2, -0.15) is 28.2 Å². The monoisotopic (exact) mass is 205 g/mol. The molecule has 1 aliphatic heterocycles. The summed E-state index contributed by atoms with van der Waals surface area (Å²) in [5, 5.41) is 0.847. The van der Waals surface area contributed by atoms with Gasteiger partial charge in [-0.3, -0.25) is 0 Å². The standard InChI is InChI=1S/C3H2NS2.Y/c1-3-4-2-5-6-3;/h1H2;/q-1;. The molecule has 1 aliphatic rings. The Kier molecular flexibility index (Phi) is 4.84. The molecule has 0 bridgehead atoms. The molecule has 0 fully saturated rings. The van der Waals surface area contributed by atoms with Crippen LogP contribution in [0.25, 0.3) is 0 Å². The van der Waals surface area contributed by atoms with Crippen LogP contribution in [0, 0.1) is 0 Å². The molecule has 0 unspecified atom stereocenters. The van der Waals surface area contributed by atoms with Crippen LogP contribution in [0.2, 0.25) is 0 Å². The van der Waals surface area contributed by atoms with Crippen LogP contribution < -0.4 is 0 Å². The second-order valence-corrected chi connectivity index (χ2v) is 2.75. The van der Waals surface area contributed by atoms with Gasteiger partial charge in [0, 0.05) is 32.7 Å². The third kappa shape index (κ3) is 2.91. The molecule has 1 radical (unpaired) electrons. The van der Waals surface area contributed by atoms with Crippen molar-refractivity contribution in [2.24, 2.45) is 4.99 Å². The fraction of sp³-hybridized carbons (Fsp3) is 0.